The number of phenols is 1. The molecule has 8 heteroatoms. The van der Waals surface area contributed by atoms with E-state index in [2.05, 4.69) is 0 Å². The highest BCUT2D eigenvalue weighted by atomic mass is 19.4. The quantitative estimate of drug-likeness (QED) is 0.389. The standard InChI is InChI=1S/C12H7F5O3/c13-8-5-10(19)9(14)3-6(8)1-2-7(18)4-11(20)12(15,16)17/h1-5,18-19H/b2-1+,7-4-. The number of benzene rings is 1. The molecule has 0 radical (unpaired) electrons. The van der Waals surface area contributed by atoms with Crippen LogP contribution in [0.25, 0.3) is 6.08 Å². The van der Waals surface area contributed by atoms with Crippen molar-refractivity contribution in [3.8, 4) is 5.75 Å². The Balaban J connectivity index is 2.96. The third-order valence-corrected chi connectivity index (χ3v) is 2.06. The van der Waals surface area contributed by atoms with Crippen molar-refractivity contribution >= 4 is 11.9 Å². The van der Waals surface area contributed by atoms with Gasteiger partial charge in [0, 0.05) is 17.7 Å². The first-order valence-electron chi connectivity index (χ1n) is 4.99. The van der Waals surface area contributed by atoms with Gasteiger partial charge in [-0.1, -0.05) is 0 Å². The highest BCUT2D eigenvalue weighted by Gasteiger charge is 2.36. The normalized spacial score (nSPS) is 12.9. The Kier molecular flexibility index (Phi) is 4.49. The first-order chi connectivity index (χ1) is 9.11. The van der Waals surface area contributed by atoms with Crippen LogP contribution in [0.5, 0.6) is 5.75 Å². The summed E-state index contributed by atoms with van der Waals surface area (Å²) in [4.78, 5) is 10.5. The Bertz CT molecular complexity index is 587. The maximum absolute atomic E-state index is 13.2. The molecule has 0 bridgehead atoms. The lowest BCUT2D eigenvalue weighted by Crippen LogP contribution is -2.20. The number of carbonyl (C=O) groups is 1. The summed E-state index contributed by atoms with van der Waals surface area (Å²) < 4.78 is 61.7. The van der Waals surface area contributed by atoms with Crippen molar-refractivity contribution in [3.05, 3.63) is 47.2 Å². The number of aliphatic hydroxyl groups excluding tert-OH is 1. The summed E-state index contributed by atoms with van der Waals surface area (Å²) in [6.45, 7) is 0. The number of carbonyl (C=O) groups excluding carboxylic acids is 1. The molecule has 1 rings (SSSR count). The Hall–Kier alpha value is -2.38. The van der Waals surface area contributed by atoms with Crippen molar-refractivity contribution in [3.63, 3.8) is 0 Å². The number of ketones is 1. The topological polar surface area (TPSA) is 57.5 Å². The second kappa shape index (κ2) is 5.72. The van der Waals surface area contributed by atoms with Gasteiger partial charge in [-0.25, -0.2) is 8.78 Å². The van der Waals surface area contributed by atoms with Gasteiger partial charge < -0.3 is 10.2 Å². The van der Waals surface area contributed by atoms with Gasteiger partial charge in [-0.05, 0) is 18.2 Å². The van der Waals surface area contributed by atoms with Crippen LogP contribution in [0, 0.1) is 11.6 Å². The lowest BCUT2D eigenvalue weighted by molar-refractivity contribution is -0.165. The van der Waals surface area contributed by atoms with Gasteiger partial charge in [0.15, 0.2) is 11.6 Å². The van der Waals surface area contributed by atoms with Crippen LogP contribution in [0.1, 0.15) is 5.56 Å². The largest absolute Gasteiger partial charge is 0.508 e. The molecule has 0 aromatic heterocycles. The summed E-state index contributed by atoms with van der Waals surface area (Å²) in [6, 6.07) is 1.02. The van der Waals surface area contributed by atoms with E-state index in [0.717, 1.165) is 6.08 Å². The SMILES string of the molecule is O=C(/C=C(O)/C=C/c1cc(F)c(O)cc1F)C(F)(F)F. The van der Waals surface area contributed by atoms with Crippen LogP contribution in [-0.4, -0.2) is 22.2 Å². The van der Waals surface area contributed by atoms with Gasteiger partial charge in [-0.15, -0.1) is 0 Å². The molecule has 0 fully saturated rings. The highest BCUT2D eigenvalue weighted by molar-refractivity contribution is 5.95. The molecular weight excluding hydrogens is 287 g/mol. The number of halogens is 5. The number of alkyl halides is 3. The van der Waals surface area contributed by atoms with Crippen LogP contribution < -0.4 is 0 Å². The van der Waals surface area contributed by atoms with Crippen LogP contribution >= 0.6 is 0 Å². The number of hydrogen-bond acceptors (Lipinski definition) is 3. The Morgan fingerprint density at radius 3 is 2.30 bits per heavy atom. The van der Waals surface area contributed by atoms with Crippen molar-refractivity contribution < 1.29 is 37.0 Å². The van der Waals surface area contributed by atoms with Gasteiger partial charge in [-0.2, -0.15) is 13.2 Å². The fraction of sp³-hybridized carbons (Fsp3) is 0.0833. The van der Waals surface area contributed by atoms with Gasteiger partial charge >= 0.3 is 6.18 Å². The third-order valence-electron chi connectivity index (χ3n) is 2.06. The van der Waals surface area contributed by atoms with Gasteiger partial charge in [0.1, 0.15) is 11.6 Å². The van der Waals surface area contributed by atoms with Crippen LogP contribution in [-0.2, 0) is 4.79 Å². The van der Waals surface area contributed by atoms with Gasteiger partial charge in [-0.3, -0.25) is 4.79 Å². The number of aromatic hydroxyl groups is 1. The van der Waals surface area contributed by atoms with E-state index in [0.29, 0.717) is 18.2 Å². The molecule has 0 saturated carbocycles. The average molecular weight is 294 g/mol. The molecule has 0 unspecified atom stereocenters. The second-order valence-corrected chi connectivity index (χ2v) is 3.59. The molecular formula is C12H7F5O3. The van der Waals surface area contributed by atoms with E-state index in [9.17, 15) is 26.7 Å². The van der Waals surface area contributed by atoms with E-state index >= 15 is 0 Å². The van der Waals surface area contributed by atoms with Crippen molar-refractivity contribution in [1.82, 2.24) is 0 Å². The average Bonchev–Trinajstić information content (AvgIpc) is 2.31. The Morgan fingerprint density at radius 1 is 1.15 bits per heavy atom. The van der Waals surface area contributed by atoms with Gasteiger partial charge in [0.05, 0.1) is 0 Å². The molecule has 108 valence electrons. The zero-order valence-electron chi connectivity index (χ0n) is 9.58. The number of allylic oxidation sites excluding steroid dienone is 2. The van der Waals surface area contributed by atoms with Crippen molar-refractivity contribution in [2.75, 3.05) is 0 Å². The molecule has 0 aliphatic rings. The monoisotopic (exact) mass is 294 g/mol. The molecule has 0 heterocycles. The van der Waals surface area contributed by atoms with Crippen LogP contribution in [0.15, 0.2) is 30.0 Å². The molecule has 1 aromatic carbocycles. The van der Waals surface area contributed by atoms with E-state index < -0.39 is 40.7 Å². The number of aliphatic hydroxyl groups is 1. The van der Waals surface area contributed by atoms with E-state index in [1.165, 1.54) is 0 Å². The molecule has 0 saturated heterocycles. The van der Waals surface area contributed by atoms with Gasteiger partial charge in [0.2, 0.25) is 0 Å². The minimum atomic E-state index is -5.14. The first-order valence-corrected chi connectivity index (χ1v) is 4.99. The molecule has 2 N–H and O–H groups in total. The zero-order chi connectivity index (χ0) is 15.5. The summed E-state index contributed by atoms with van der Waals surface area (Å²) in [5.74, 6) is -6.53. The minimum absolute atomic E-state index is 0.106. The van der Waals surface area contributed by atoms with Crippen LogP contribution in [0.3, 0.4) is 0 Å². The predicted molar refractivity (Wildman–Crippen MR) is 58.8 cm³/mol. The van der Waals surface area contributed by atoms with Crippen molar-refractivity contribution in [2.45, 2.75) is 6.18 Å². The first kappa shape index (κ1) is 15.7. The molecule has 1 aromatic rings. The smallest absolute Gasteiger partial charge is 0.454 e. The van der Waals surface area contributed by atoms with Gasteiger partial charge in [0.25, 0.3) is 5.78 Å². The summed E-state index contributed by atoms with van der Waals surface area (Å²) in [6.07, 6.45) is -3.92. The predicted octanol–water partition coefficient (Wildman–Crippen LogP) is 3.26. The maximum atomic E-state index is 13.2. The van der Waals surface area contributed by atoms with E-state index in [4.69, 9.17) is 10.2 Å². The summed E-state index contributed by atoms with van der Waals surface area (Å²) >= 11 is 0. The lowest BCUT2D eigenvalue weighted by atomic mass is 10.1. The fourth-order valence-electron chi connectivity index (χ4n) is 1.12. The van der Waals surface area contributed by atoms with Crippen molar-refractivity contribution in [1.29, 1.82) is 0 Å². The summed E-state index contributed by atoms with van der Waals surface area (Å²) in [5, 5.41) is 17.9. The third kappa shape index (κ3) is 4.08. The summed E-state index contributed by atoms with van der Waals surface area (Å²) in [5.41, 5.74) is -0.431. The number of hydrogen-bond donors (Lipinski definition) is 2. The molecule has 0 spiro atoms. The van der Waals surface area contributed by atoms with Crippen LogP contribution in [0.4, 0.5) is 22.0 Å². The number of rotatable bonds is 3. The van der Waals surface area contributed by atoms with E-state index in [-0.39, 0.29) is 6.08 Å². The van der Waals surface area contributed by atoms with E-state index in [1.807, 2.05) is 0 Å². The number of phenolic OH excluding ortho intramolecular Hbond substituents is 1. The van der Waals surface area contributed by atoms with Crippen molar-refractivity contribution in [2.24, 2.45) is 0 Å². The Morgan fingerprint density at radius 2 is 1.75 bits per heavy atom. The van der Waals surface area contributed by atoms with Crippen LogP contribution in [0.2, 0.25) is 0 Å². The second-order valence-electron chi connectivity index (χ2n) is 3.59. The molecule has 3 nitrogen and oxygen atoms in total. The van der Waals surface area contributed by atoms with E-state index in [1.54, 1.807) is 0 Å². The molecule has 0 aliphatic heterocycles. The maximum Gasteiger partial charge on any atom is 0.454 e. The molecule has 0 atom stereocenters. The molecule has 0 aliphatic carbocycles. The zero-order valence-corrected chi connectivity index (χ0v) is 9.58. The summed E-state index contributed by atoms with van der Waals surface area (Å²) in [7, 11) is 0. The molecule has 20 heavy (non-hydrogen) atoms. The Labute approximate surface area is 109 Å². The lowest BCUT2D eigenvalue weighted by Gasteiger charge is -2.01. The fourth-order valence-corrected chi connectivity index (χ4v) is 1.12. The molecule has 0 amide bonds. The minimum Gasteiger partial charge on any atom is -0.508 e. The highest BCUT2D eigenvalue weighted by Crippen LogP contribution is 2.21.